The van der Waals surface area contributed by atoms with Crippen molar-refractivity contribution in [3.63, 3.8) is 0 Å². The Bertz CT molecular complexity index is 551. The van der Waals surface area contributed by atoms with E-state index in [0.29, 0.717) is 0 Å². The van der Waals surface area contributed by atoms with Gasteiger partial charge in [-0.3, -0.25) is 0 Å². The molecule has 0 fully saturated rings. The second-order valence-corrected chi connectivity index (χ2v) is 8.40. The van der Waals surface area contributed by atoms with Crippen LogP contribution in [0.4, 0.5) is 0 Å². The van der Waals surface area contributed by atoms with Gasteiger partial charge in [0.05, 0.1) is 6.61 Å². The summed E-state index contributed by atoms with van der Waals surface area (Å²) in [4.78, 5) is 0. The highest BCUT2D eigenvalue weighted by molar-refractivity contribution is 5.07. The zero-order chi connectivity index (χ0) is 21.2. The topological polar surface area (TPSA) is 20.2 Å². The summed E-state index contributed by atoms with van der Waals surface area (Å²) in [6, 6.07) is 0. The maximum Gasteiger partial charge on any atom is 0.0802 e. The quantitative estimate of drug-likeness (QED) is 0.220. The van der Waals surface area contributed by atoms with Crippen LogP contribution in [0.5, 0.6) is 0 Å². The largest absolute Gasteiger partial charge is 0.390 e. The fraction of sp³-hybridized carbons (Fsp3) is 0.593. The third-order valence-corrected chi connectivity index (χ3v) is 4.97. The first-order chi connectivity index (χ1) is 13.3. The molecule has 0 saturated carbocycles. The molecule has 1 N–H and O–H groups in total. The van der Waals surface area contributed by atoms with Crippen LogP contribution in [0, 0.1) is 6.61 Å². The number of hydrogen-bond donors (Lipinski definition) is 1. The third-order valence-electron chi connectivity index (χ3n) is 4.97. The van der Waals surface area contributed by atoms with E-state index in [1.165, 1.54) is 53.7 Å². The lowest BCUT2D eigenvalue weighted by Gasteiger charge is -2.02. The summed E-state index contributed by atoms with van der Waals surface area (Å²) in [5.74, 6) is 0. The lowest BCUT2D eigenvalue weighted by molar-refractivity contribution is 0.374. The minimum Gasteiger partial charge on any atom is -0.390 e. The molecule has 0 saturated heterocycles. The van der Waals surface area contributed by atoms with Gasteiger partial charge in [0.2, 0.25) is 0 Å². The minimum atomic E-state index is 0.758. The average Bonchev–Trinajstić information content (AvgIpc) is 2.63. The summed E-state index contributed by atoms with van der Waals surface area (Å²) in [5.41, 5.74) is 7.30. The summed E-state index contributed by atoms with van der Waals surface area (Å²) in [7, 11) is 0. The van der Waals surface area contributed by atoms with E-state index in [4.69, 9.17) is 5.11 Å². The number of aliphatic hydroxyl groups is 1. The SMILES string of the molecule is CC(C)=CCCC(C)=CCCC(C)=CCCC=C(C)CCC=C(C)CC[CH]O. The number of unbranched alkanes of at least 4 members (excludes halogenated alkanes) is 1. The number of aliphatic hydroxyl groups excluding tert-OH is 1. The predicted molar refractivity (Wildman–Crippen MR) is 127 cm³/mol. The van der Waals surface area contributed by atoms with Crippen molar-refractivity contribution in [2.45, 2.75) is 106 Å². The Morgan fingerprint density at radius 2 is 0.786 bits per heavy atom. The van der Waals surface area contributed by atoms with Gasteiger partial charge >= 0.3 is 0 Å². The molecule has 0 rings (SSSR count). The van der Waals surface area contributed by atoms with Gasteiger partial charge in [0.15, 0.2) is 0 Å². The number of hydrogen-bond acceptors (Lipinski definition) is 1. The predicted octanol–water partition coefficient (Wildman–Crippen LogP) is 9.17. The van der Waals surface area contributed by atoms with Gasteiger partial charge in [-0.2, -0.15) is 0 Å². The van der Waals surface area contributed by atoms with Crippen molar-refractivity contribution in [3.05, 3.63) is 64.9 Å². The Morgan fingerprint density at radius 1 is 0.464 bits per heavy atom. The molecule has 28 heavy (non-hydrogen) atoms. The van der Waals surface area contributed by atoms with Crippen LogP contribution in [-0.4, -0.2) is 5.11 Å². The smallest absolute Gasteiger partial charge is 0.0802 e. The number of rotatable bonds is 15. The highest BCUT2D eigenvalue weighted by Crippen LogP contribution is 2.14. The molecule has 0 amide bonds. The maximum absolute atomic E-state index is 8.74. The van der Waals surface area contributed by atoms with Crippen LogP contribution in [0.3, 0.4) is 0 Å². The van der Waals surface area contributed by atoms with Crippen LogP contribution in [0.1, 0.15) is 106 Å². The van der Waals surface area contributed by atoms with Crippen molar-refractivity contribution >= 4 is 0 Å². The molecule has 0 unspecified atom stereocenters. The lowest BCUT2D eigenvalue weighted by Crippen LogP contribution is -1.82. The van der Waals surface area contributed by atoms with Crippen molar-refractivity contribution in [3.8, 4) is 0 Å². The highest BCUT2D eigenvalue weighted by atomic mass is 16.2. The normalized spacial score (nSPS) is 13.8. The summed E-state index contributed by atoms with van der Waals surface area (Å²) in [6.45, 7) is 14.5. The van der Waals surface area contributed by atoms with E-state index < -0.39 is 0 Å². The van der Waals surface area contributed by atoms with Crippen LogP contribution in [0.25, 0.3) is 0 Å². The lowest BCUT2D eigenvalue weighted by atomic mass is 10.0. The Hall–Kier alpha value is -1.34. The first-order valence-corrected chi connectivity index (χ1v) is 11.1. The van der Waals surface area contributed by atoms with E-state index >= 15 is 0 Å². The molecule has 0 aromatic heterocycles. The van der Waals surface area contributed by atoms with Gasteiger partial charge in [-0.25, -0.2) is 0 Å². The Kier molecular flexibility index (Phi) is 16.9. The molecule has 0 aliphatic rings. The van der Waals surface area contributed by atoms with E-state index in [-0.39, 0.29) is 0 Å². The fourth-order valence-corrected chi connectivity index (χ4v) is 3.04. The summed E-state index contributed by atoms with van der Waals surface area (Å²) >= 11 is 0. The van der Waals surface area contributed by atoms with Gasteiger partial charge in [-0.15, -0.1) is 0 Å². The molecule has 0 bridgehead atoms. The summed E-state index contributed by atoms with van der Waals surface area (Å²) in [6.07, 6.45) is 22.8. The first kappa shape index (κ1) is 26.7. The molecule has 0 heterocycles. The number of allylic oxidation sites excluding steroid dienone is 10. The van der Waals surface area contributed by atoms with Gasteiger partial charge in [0.25, 0.3) is 0 Å². The molecule has 0 spiro atoms. The molecular formula is C27H45O. The van der Waals surface area contributed by atoms with E-state index in [1.54, 1.807) is 0 Å². The van der Waals surface area contributed by atoms with Gasteiger partial charge < -0.3 is 5.11 Å². The molecule has 0 aliphatic heterocycles. The molecule has 0 aromatic carbocycles. The molecule has 159 valence electrons. The zero-order valence-corrected chi connectivity index (χ0v) is 19.5. The zero-order valence-electron chi connectivity index (χ0n) is 19.5. The molecular weight excluding hydrogens is 340 g/mol. The second-order valence-electron chi connectivity index (χ2n) is 8.40. The average molecular weight is 386 g/mol. The third kappa shape index (κ3) is 18.0. The van der Waals surface area contributed by atoms with Crippen LogP contribution in [0.15, 0.2) is 58.2 Å². The Balaban J connectivity index is 4.00. The Morgan fingerprint density at radius 3 is 1.14 bits per heavy atom. The van der Waals surface area contributed by atoms with Gasteiger partial charge in [0, 0.05) is 0 Å². The van der Waals surface area contributed by atoms with Crippen LogP contribution < -0.4 is 0 Å². The first-order valence-electron chi connectivity index (χ1n) is 11.1. The fourth-order valence-electron chi connectivity index (χ4n) is 3.04. The Labute approximate surface area is 176 Å². The second kappa shape index (κ2) is 17.7. The molecule has 0 aliphatic carbocycles. The van der Waals surface area contributed by atoms with E-state index in [2.05, 4.69) is 71.9 Å². The van der Waals surface area contributed by atoms with E-state index in [9.17, 15) is 0 Å². The van der Waals surface area contributed by atoms with Crippen molar-refractivity contribution < 1.29 is 5.11 Å². The monoisotopic (exact) mass is 385 g/mol. The molecule has 0 atom stereocenters. The maximum atomic E-state index is 8.74. The van der Waals surface area contributed by atoms with Crippen molar-refractivity contribution in [1.82, 2.24) is 0 Å². The van der Waals surface area contributed by atoms with Crippen LogP contribution in [-0.2, 0) is 0 Å². The molecule has 1 nitrogen and oxygen atoms in total. The minimum absolute atomic E-state index is 0.758. The van der Waals surface area contributed by atoms with Crippen molar-refractivity contribution in [2.24, 2.45) is 0 Å². The summed E-state index contributed by atoms with van der Waals surface area (Å²) < 4.78 is 0. The molecule has 0 aromatic rings. The van der Waals surface area contributed by atoms with Crippen molar-refractivity contribution in [1.29, 1.82) is 0 Å². The van der Waals surface area contributed by atoms with Gasteiger partial charge in [-0.1, -0.05) is 58.2 Å². The van der Waals surface area contributed by atoms with Crippen LogP contribution in [0.2, 0.25) is 0 Å². The summed E-state index contributed by atoms with van der Waals surface area (Å²) in [5, 5.41) is 8.74. The van der Waals surface area contributed by atoms with E-state index in [0.717, 1.165) is 44.9 Å². The van der Waals surface area contributed by atoms with Gasteiger partial charge in [0.1, 0.15) is 0 Å². The molecule has 1 radical (unpaired) electrons. The molecule has 1 heteroatoms. The van der Waals surface area contributed by atoms with Gasteiger partial charge in [-0.05, 0) is 106 Å². The standard InChI is InChI=1S/C27H45O/c1-23(2)13-9-16-26(5)19-10-17-24(3)14-7-8-15-25(4)18-11-20-27(6)21-12-22-28/h13-15,19-20,22,28H,7-12,16-18,21H2,1-6H3. The van der Waals surface area contributed by atoms with Crippen molar-refractivity contribution in [2.75, 3.05) is 0 Å². The van der Waals surface area contributed by atoms with E-state index in [1.807, 2.05) is 0 Å². The highest BCUT2D eigenvalue weighted by Gasteiger charge is 1.94. The van der Waals surface area contributed by atoms with Crippen LogP contribution >= 0.6 is 0 Å².